The van der Waals surface area contributed by atoms with Crippen LogP contribution in [0.25, 0.3) is 0 Å². The van der Waals surface area contributed by atoms with Crippen molar-refractivity contribution in [1.82, 2.24) is 5.32 Å². The van der Waals surface area contributed by atoms with Crippen LogP contribution in [-0.4, -0.2) is 12.2 Å². The van der Waals surface area contributed by atoms with Gasteiger partial charge >= 0.3 is 6.18 Å². The van der Waals surface area contributed by atoms with Crippen LogP contribution in [0.3, 0.4) is 0 Å². The maximum absolute atomic E-state index is 12.6. The molecule has 6 heteroatoms. The summed E-state index contributed by atoms with van der Waals surface area (Å²) >= 11 is 11.9. The number of rotatable bonds is 3. The van der Waals surface area contributed by atoms with Crippen LogP contribution in [0.2, 0.25) is 10.0 Å². The van der Waals surface area contributed by atoms with Gasteiger partial charge in [0.2, 0.25) is 0 Å². The molecule has 1 nitrogen and oxygen atoms in total. The Kier molecular flexibility index (Phi) is 5.21. The molecular weight excluding hydrogens is 310 g/mol. The van der Waals surface area contributed by atoms with Crippen LogP contribution in [0.5, 0.6) is 0 Å². The minimum Gasteiger partial charge on any atom is -0.310 e. The van der Waals surface area contributed by atoms with Crippen molar-refractivity contribution in [3.05, 3.63) is 33.8 Å². The van der Waals surface area contributed by atoms with E-state index in [4.69, 9.17) is 23.2 Å². The van der Waals surface area contributed by atoms with E-state index in [-0.39, 0.29) is 18.9 Å². The molecule has 1 fully saturated rings. The molecule has 0 atom stereocenters. The molecule has 0 saturated heterocycles. The van der Waals surface area contributed by atoms with E-state index < -0.39 is 12.1 Å². The molecule has 0 bridgehead atoms. The Morgan fingerprint density at radius 2 is 1.75 bits per heavy atom. The molecule has 0 aromatic heterocycles. The summed E-state index contributed by atoms with van der Waals surface area (Å²) in [6, 6.07) is 5.32. The van der Waals surface area contributed by atoms with Crippen molar-refractivity contribution >= 4 is 23.2 Å². The van der Waals surface area contributed by atoms with Crippen molar-refractivity contribution in [1.29, 1.82) is 0 Å². The van der Waals surface area contributed by atoms with E-state index >= 15 is 0 Å². The third-order valence-electron chi connectivity index (χ3n) is 3.78. The fourth-order valence-corrected chi connectivity index (χ4v) is 2.94. The van der Waals surface area contributed by atoms with E-state index in [9.17, 15) is 13.2 Å². The third-order valence-corrected chi connectivity index (χ3v) is 4.38. The predicted molar refractivity (Wildman–Crippen MR) is 75.1 cm³/mol. The normalized spacial score (nSPS) is 23.9. The lowest BCUT2D eigenvalue weighted by Gasteiger charge is -2.30. The van der Waals surface area contributed by atoms with Gasteiger partial charge in [-0.2, -0.15) is 13.2 Å². The SMILES string of the molecule is FC(F)(F)C1CCC(NCc2cc(Cl)ccc2Cl)CC1. The van der Waals surface area contributed by atoms with Gasteiger partial charge in [0.25, 0.3) is 0 Å². The number of hydrogen-bond acceptors (Lipinski definition) is 1. The summed E-state index contributed by atoms with van der Waals surface area (Å²) in [5, 5.41) is 4.49. The highest BCUT2D eigenvalue weighted by Gasteiger charge is 2.41. The minimum absolute atomic E-state index is 0.114. The Bertz CT molecular complexity index is 454. The van der Waals surface area contributed by atoms with E-state index in [0.29, 0.717) is 29.4 Å². The summed E-state index contributed by atoms with van der Waals surface area (Å²) in [4.78, 5) is 0. The van der Waals surface area contributed by atoms with Crippen LogP contribution in [-0.2, 0) is 6.54 Å². The Morgan fingerprint density at radius 1 is 1.10 bits per heavy atom. The molecule has 1 saturated carbocycles. The zero-order valence-electron chi connectivity index (χ0n) is 10.8. The van der Waals surface area contributed by atoms with Crippen LogP contribution in [0.4, 0.5) is 13.2 Å². The summed E-state index contributed by atoms with van der Waals surface area (Å²) < 4.78 is 37.7. The van der Waals surface area contributed by atoms with Gasteiger partial charge in [-0.25, -0.2) is 0 Å². The van der Waals surface area contributed by atoms with Gasteiger partial charge in [-0.3, -0.25) is 0 Å². The Labute approximate surface area is 126 Å². The first-order chi connectivity index (χ1) is 9.36. The molecule has 0 amide bonds. The van der Waals surface area contributed by atoms with Gasteiger partial charge in [0, 0.05) is 22.6 Å². The first-order valence-electron chi connectivity index (χ1n) is 6.60. The summed E-state index contributed by atoms with van der Waals surface area (Å²) in [5.74, 6) is -1.14. The van der Waals surface area contributed by atoms with Gasteiger partial charge < -0.3 is 5.32 Å². The highest BCUT2D eigenvalue weighted by Crippen LogP contribution is 2.37. The summed E-state index contributed by atoms with van der Waals surface area (Å²) in [7, 11) is 0. The van der Waals surface area contributed by atoms with Crippen LogP contribution in [0, 0.1) is 5.92 Å². The van der Waals surface area contributed by atoms with Crippen LogP contribution in [0.1, 0.15) is 31.2 Å². The number of halogens is 5. The molecule has 0 radical (unpaired) electrons. The number of alkyl halides is 3. The molecule has 0 heterocycles. The molecule has 1 aromatic rings. The summed E-state index contributed by atoms with van der Waals surface area (Å²) in [5.41, 5.74) is 0.872. The van der Waals surface area contributed by atoms with Gasteiger partial charge in [-0.1, -0.05) is 23.2 Å². The van der Waals surface area contributed by atoms with Crippen molar-refractivity contribution in [2.45, 2.75) is 44.4 Å². The van der Waals surface area contributed by atoms with Gasteiger partial charge in [-0.05, 0) is 49.4 Å². The average molecular weight is 326 g/mol. The molecule has 0 spiro atoms. The smallest absolute Gasteiger partial charge is 0.310 e. The van der Waals surface area contributed by atoms with Gasteiger partial charge in [0.1, 0.15) is 0 Å². The molecule has 20 heavy (non-hydrogen) atoms. The van der Waals surface area contributed by atoms with Gasteiger partial charge in [0.15, 0.2) is 0 Å². The maximum atomic E-state index is 12.6. The second kappa shape index (κ2) is 6.54. The molecule has 0 aliphatic heterocycles. The van der Waals surface area contributed by atoms with Crippen molar-refractivity contribution < 1.29 is 13.2 Å². The Morgan fingerprint density at radius 3 is 2.35 bits per heavy atom. The lowest BCUT2D eigenvalue weighted by molar-refractivity contribution is -0.182. The van der Waals surface area contributed by atoms with E-state index in [1.54, 1.807) is 18.2 Å². The van der Waals surface area contributed by atoms with E-state index in [2.05, 4.69) is 5.32 Å². The van der Waals surface area contributed by atoms with E-state index in [0.717, 1.165) is 5.56 Å². The highest BCUT2D eigenvalue weighted by atomic mass is 35.5. The standard InChI is InChI=1S/C14H16Cl2F3N/c15-11-3-6-13(16)9(7-11)8-20-12-4-1-10(2-5-12)14(17,18)19/h3,6-7,10,12,20H,1-2,4-5,8H2. The van der Waals surface area contributed by atoms with Gasteiger partial charge in [0.05, 0.1) is 5.92 Å². The summed E-state index contributed by atoms with van der Waals surface area (Å²) in [6.45, 7) is 0.529. The molecule has 112 valence electrons. The molecule has 1 aliphatic rings. The number of benzene rings is 1. The van der Waals surface area contributed by atoms with Crippen LogP contribution in [0.15, 0.2) is 18.2 Å². The molecule has 1 aliphatic carbocycles. The minimum atomic E-state index is -4.05. The topological polar surface area (TPSA) is 12.0 Å². The number of nitrogens with one attached hydrogen (secondary N) is 1. The highest BCUT2D eigenvalue weighted by molar-refractivity contribution is 6.33. The van der Waals surface area contributed by atoms with Crippen LogP contribution < -0.4 is 5.32 Å². The Hall–Kier alpha value is -0.450. The lowest BCUT2D eigenvalue weighted by atomic mass is 9.85. The van der Waals surface area contributed by atoms with Crippen molar-refractivity contribution in [2.75, 3.05) is 0 Å². The zero-order valence-corrected chi connectivity index (χ0v) is 12.3. The number of hydrogen-bond donors (Lipinski definition) is 1. The zero-order chi connectivity index (χ0) is 14.8. The second-order valence-electron chi connectivity index (χ2n) is 5.21. The monoisotopic (exact) mass is 325 g/mol. The predicted octanol–water partition coefficient (Wildman–Crippen LogP) is 5.20. The first-order valence-corrected chi connectivity index (χ1v) is 7.36. The quantitative estimate of drug-likeness (QED) is 0.804. The first kappa shape index (κ1) is 15.9. The maximum Gasteiger partial charge on any atom is 0.391 e. The molecule has 0 unspecified atom stereocenters. The fourth-order valence-electron chi connectivity index (χ4n) is 2.56. The van der Waals surface area contributed by atoms with Crippen molar-refractivity contribution in [2.24, 2.45) is 5.92 Å². The molecule has 2 rings (SSSR count). The molecular formula is C14H16Cl2F3N. The molecule has 1 aromatic carbocycles. The molecule has 1 N–H and O–H groups in total. The van der Waals surface area contributed by atoms with Crippen LogP contribution >= 0.6 is 23.2 Å². The largest absolute Gasteiger partial charge is 0.391 e. The van der Waals surface area contributed by atoms with Gasteiger partial charge in [-0.15, -0.1) is 0 Å². The fraction of sp³-hybridized carbons (Fsp3) is 0.571. The van der Waals surface area contributed by atoms with E-state index in [1.807, 2.05) is 0 Å². The van der Waals surface area contributed by atoms with Crippen molar-refractivity contribution in [3.8, 4) is 0 Å². The average Bonchev–Trinajstić information content (AvgIpc) is 2.39. The third kappa shape index (κ3) is 4.27. The summed E-state index contributed by atoms with van der Waals surface area (Å²) in [6.07, 6.45) is -2.57. The van der Waals surface area contributed by atoms with E-state index in [1.165, 1.54) is 0 Å². The lowest BCUT2D eigenvalue weighted by Crippen LogP contribution is -2.36. The second-order valence-corrected chi connectivity index (χ2v) is 6.05. The van der Waals surface area contributed by atoms with Crippen molar-refractivity contribution in [3.63, 3.8) is 0 Å². The Balaban J connectivity index is 1.83.